The summed E-state index contributed by atoms with van der Waals surface area (Å²) in [6.07, 6.45) is 1.18. The van der Waals surface area contributed by atoms with E-state index < -0.39 is 0 Å². The van der Waals surface area contributed by atoms with Gasteiger partial charge in [-0.1, -0.05) is 32.4 Å². The van der Waals surface area contributed by atoms with Gasteiger partial charge >= 0.3 is 0 Å². The second-order valence-electron chi connectivity index (χ2n) is 4.68. The molecule has 1 rings (SSSR count). The lowest BCUT2D eigenvalue weighted by atomic mass is 9.79. The van der Waals surface area contributed by atoms with Crippen molar-refractivity contribution in [2.45, 2.75) is 39.0 Å². The van der Waals surface area contributed by atoms with Gasteiger partial charge in [0.2, 0.25) is 0 Å². The van der Waals surface area contributed by atoms with Crippen molar-refractivity contribution in [3.63, 3.8) is 0 Å². The number of hydrogen-bond donors (Lipinski definition) is 0. The Morgan fingerprint density at radius 2 is 1.94 bits per heavy atom. The summed E-state index contributed by atoms with van der Waals surface area (Å²) in [6.45, 7) is 6.21. The van der Waals surface area contributed by atoms with Crippen LogP contribution in [0.3, 0.4) is 0 Å². The predicted octanol–water partition coefficient (Wildman–Crippen LogP) is 3.97. The lowest BCUT2D eigenvalue weighted by molar-refractivity contribution is 0.505. The molecule has 0 radical (unpaired) electrons. The van der Waals surface area contributed by atoms with E-state index in [1.54, 1.807) is 12.1 Å². The second kappa shape index (κ2) is 5.21. The topological polar surface area (TPSA) is 47.6 Å². The maximum atomic E-state index is 9.20. The highest BCUT2D eigenvalue weighted by Gasteiger charge is 2.25. The second-order valence-corrected chi connectivity index (χ2v) is 5.09. The van der Waals surface area contributed by atoms with Crippen LogP contribution >= 0.6 is 11.6 Å². The van der Waals surface area contributed by atoms with Crippen LogP contribution in [0.15, 0.2) is 12.1 Å². The molecule has 0 aliphatic heterocycles. The highest BCUT2D eigenvalue weighted by Crippen LogP contribution is 2.35. The molecule has 0 bridgehead atoms. The Bertz CT molecular complexity index is 504. The molecule has 3 heteroatoms. The zero-order valence-corrected chi connectivity index (χ0v) is 11.1. The van der Waals surface area contributed by atoms with Gasteiger partial charge in [-0.05, 0) is 35.1 Å². The first-order valence-electron chi connectivity index (χ1n) is 5.56. The zero-order chi connectivity index (χ0) is 13.1. The largest absolute Gasteiger partial charge is 0.198 e. The van der Waals surface area contributed by atoms with Crippen LogP contribution in [0.4, 0.5) is 0 Å². The number of halogens is 1. The average Bonchev–Trinajstić information content (AvgIpc) is 2.28. The molecule has 0 amide bonds. The van der Waals surface area contributed by atoms with E-state index in [0.29, 0.717) is 10.6 Å². The summed E-state index contributed by atoms with van der Waals surface area (Å²) in [4.78, 5) is 0. The van der Waals surface area contributed by atoms with Crippen molar-refractivity contribution >= 4 is 11.6 Å². The van der Waals surface area contributed by atoms with Gasteiger partial charge in [0.05, 0.1) is 24.1 Å². The van der Waals surface area contributed by atoms with Crippen LogP contribution in [0, 0.1) is 22.7 Å². The van der Waals surface area contributed by atoms with Crippen LogP contribution in [0.2, 0.25) is 5.02 Å². The highest BCUT2D eigenvalue weighted by molar-refractivity contribution is 6.31. The van der Waals surface area contributed by atoms with E-state index in [-0.39, 0.29) is 11.8 Å². The summed E-state index contributed by atoms with van der Waals surface area (Å²) in [5, 5.41) is 18.5. The molecule has 0 aliphatic rings. The minimum absolute atomic E-state index is 0.132. The molecule has 0 fully saturated rings. The summed E-state index contributed by atoms with van der Waals surface area (Å²) in [5.41, 5.74) is 2.12. The summed E-state index contributed by atoms with van der Waals surface area (Å²) in [5.74, 6) is 0. The lowest BCUT2D eigenvalue weighted by Crippen LogP contribution is -2.18. The van der Waals surface area contributed by atoms with Crippen LogP contribution in [0.5, 0.6) is 0 Å². The molecule has 2 nitrogen and oxygen atoms in total. The molecule has 0 N–H and O–H groups in total. The number of nitrogens with zero attached hydrogens (tertiary/aromatic N) is 2. The molecular weight excluding hydrogens is 232 g/mol. The molecule has 0 heterocycles. The smallest absolute Gasteiger partial charge is 0.0995 e. The third kappa shape index (κ3) is 2.78. The van der Waals surface area contributed by atoms with Gasteiger partial charge < -0.3 is 0 Å². The van der Waals surface area contributed by atoms with Gasteiger partial charge in [-0.2, -0.15) is 10.5 Å². The van der Waals surface area contributed by atoms with Crippen LogP contribution in [-0.2, 0) is 11.8 Å². The molecule has 17 heavy (non-hydrogen) atoms. The van der Waals surface area contributed by atoms with Gasteiger partial charge in [0.25, 0.3) is 0 Å². The molecule has 0 saturated heterocycles. The van der Waals surface area contributed by atoms with E-state index >= 15 is 0 Å². The Morgan fingerprint density at radius 1 is 1.29 bits per heavy atom. The third-order valence-electron chi connectivity index (χ3n) is 3.11. The number of benzene rings is 1. The SMILES string of the molecule is CCC(C)(C)c1c(Cl)cc(CC#N)cc1C#N. The Balaban J connectivity index is 3.44. The van der Waals surface area contributed by atoms with Crippen LogP contribution < -0.4 is 0 Å². The first-order valence-corrected chi connectivity index (χ1v) is 5.94. The zero-order valence-electron chi connectivity index (χ0n) is 10.3. The van der Waals surface area contributed by atoms with Crippen molar-refractivity contribution < 1.29 is 0 Å². The monoisotopic (exact) mass is 246 g/mol. The molecule has 1 aromatic carbocycles. The summed E-state index contributed by atoms with van der Waals surface area (Å²) >= 11 is 6.25. The summed E-state index contributed by atoms with van der Waals surface area (Å²) in [6, 6.07) is 7.80. The molecule has 0 unspecified atom stereocenters. The molecule has 1 aromatic rings. The van der Waals surface area contributed by atoms with Gasteiger partial charge in [0, 0.05) is 5.02 Å². The fourth-order valence-corrected chi connectivity index (χ4v) is 2.31. The van der Waals surface area contributed by atoms with Crippen molar-refractivity contribution in [1.29, 1.82) is 10.5 Å². The van der Waals surface area contributed by atoms with E-state index in [4.69, 9.17) is 16.9 Å². The summed E-state index contributed by atoms with van der Waals surface area (Å²) in [7, 11) is 0. The van der Waals surface area contributed by atoms with Gasteiger partial charge in [-0.15, -0.1) is 0 Å². The van der Waals surface area contributed by atoms with Crippen molar-refractivity contribution in [1.82, 2.24) is 0 Å². The Morgan fingerprint density at radius 3 is 2.41 bits per heavy atom. The minimum atomic E-state index is -0.132. The normalized spacial score (nSPS) is 10.7. The van der Waals surface area contributed by atoms with Gasteiger partial charge in [0.15, 0.2) is 0 Å². The first kappa shape index (κ1) is 13.6. The lowest BCUT2D eigenvalue weighted by Gasteiger charge is -2.26. The molecule has 0 aromatic heterocycles. The minimum Gasteiger partial charge on any atom is -0.198 e. The predicted molar refractivity (Wildman–Crippen MR) is 68.8 cm³/mol. The van der Waals surface area contributed by atoms with E-state index in [2.05, 4.69) is 32.9 Å². The number of nitriles is 2. The Kier molecular flexibility index (Phi) is 4.16. The van der Waals surface area contributed by atoms with Crippen LogP contribution in [-0.4, -0.2) is 0 Å². The maximum absolute atomic E-state index is 9.20. The molecule has 88 valence electrons. The maximum Gasteiger partial charge on any atom is 0.0995 e. The highest BCUT2D eigenvalue weighted by atomic mass is 35.5. The van der Waals surface area contributed by atoms with Crippen LogP contribution in [0.25, 0.3) is 0 Å². The molecule has 0 aliphatic carbocycles. The van der Waals surface area contributed by atoms with E-state index in [1.807, 2.05) is 0 Å². The fraction of sp³-hybridized carbons (Fsp3) is 0.429. The van der Waals surface area contributed by atoms with Crippen molar-refractivity contribution in [2.75, 3.05) is 0 Å². The average molecular weight is 247 g/mol. The van der Waals surface area contributed by atoms with Gasteiger partial charge in [-0.25, -0.2) is 0 Å². The summed E-state index contributed by atoms with van der Waals surface area (Å²) < 4.78 is 0. The Hall–Kier alpha value is -1.51. The van der Waals surface area contributed by atoms with Crippen molar-refractivity contribution in [3.05, 3.63) is 33.8 Å². The van der Waals surface area contributed by atoms with Crippen molar-refractivity contribution in [2.24, 2.45) is 0 Å². The molecular formula is C14H15ClN2. The van der Waals surface area contributed by atoms with Gasteiger partial charge in [-0.3, -0.25) is 0 Å². The molecule has 0 saturated carbocycles. The third-order valence-corrected chi connectivity index (χ3v) is 3.41. The number of rotatable bonds is 3. The fourth-order valence-electron chi connectivity index (χ4n) is 1.81. The molecule has 0 spiro atoms. The standard InChI is InChI=1S/C14H15ClN2/c1-4-14(2,3)13-11(9-17)7-10(5-6-16)8-12(13)15/h7-8H,4-5H2,1-3H3. The van der Waals surface area contributed by atoms with E-state index in [9.17, 15) is 5.26 Å². The van der Waals surface area contributed by atoms with E-state index in [0.717, 1.165) is 17.5 Å². The van der Waals surface area contributed by atoms with Crippen LogP contribution in [0.1, 0.15) is 43.9 Å². The first-order chi connectivity index (χ1) is 7.96. The Labute approximate surface area is 107 Å². The van der Waals surface area contributed by atoms with E-state index in [1.165, 1.54) is 0 Å². The van der Waals surface area contributed by atoms with Gasteiger partial charge in [0.1, 0.15) is 0 Å². The van der Waals surface area contributed by atoms with Crippen molar-refractivity contribution in [3.8, 4) is 12.1 Å². The number of hydrogen-bond acceptors (Lipinski definition) is 2. The molecule has 0 atom stereocenters. The quantitative estimate of drug-likeness (QED) is 0.810.